The van der Waals surface area contributed by atoms with Crippen LogP contribution in [-0.4, -0.2) is 18.3 Å². The lowest BCUT2D eigenvalue weighted by Gasteiger charge is -2.26. The second-order valence-corrected chi connectivity index (χ2v) is 5.75. The number of rotatable bonds is 4. The van der Waals surface area contributed by atoms with E-state index < -0.39 is 0 Å². The molecule has 2 unspecified atom stereocenters. The van der Waals surface area contributed by atoms with Gasteiger partial charge >= 0.3 is 0 Å². The molecule has 1 amide bonds. The predicted octanol–water partition coefficient (Wildman–Crippen LogP) is 2.80. The van der Waals surface area contributed by atoms with E-state index in [2.05, 4.69) is 19.2 Å². The van der Waals surface area contributed by atoms with Gasteiger partial charge in [0.25, 0.3) is 0 Å². The summed E-state index contributed by atoms with van der Waals surface area (Å²) in [5, 5.41) is 3.01. The van der Waals surface area contributed by atoms with Crippen LogP contribution in [-0.2, 0) is 4.79 Å². The van der Waals surface area contributed by atoms with Gasteiger partial charge in [-0.3, -0.25) is 4.79 Å². The van der Waals surface area contributed by atoms with Crippen LogP contribution in [0.2, 0.25) is 0 Å². The summed E-state index contributed by atoms with van der Waals surface area (Å²) < 4.78 is 0. The zero-order chi connectivity index (χ0) is 11.5. The first-order chi connectivity index (χ1) is 6.97. The summed E-state index contributed by atoms with van der Waals surface area (Å²) in [7, 11) is 0. The van der Waals surface area contributed by atoms with Crippen molar-refractivity contribution in [2.45, 2.75) is 40.0 Å². The van der Waals surface area contributed by atoms with Gasteiger partial charge in [-0.05, 0) is 24.2 Å². The van der Waals surface area contributed by atoms with Crippen LogP contribution in [0.3, 0.4) is 0 Å². The molecule has 0 saturated heterocycles. The molecule has 1 aliphatic rings. The van der Waals surface area contributed by atoms with Crippen LogP contribution < -0.4 is 5.32 Å². The maximum absolute atomic E-state index is 11.9. The third-order valence-corrected chi connectivity index (χ3v) is 3.99. The van der Waals surface area contributed by atoms with Gasteiger partial charge in [-0.15, -0.1) is 11.6 Å². The van der Waals surface area contributed by atoms with E-state index in [1.54, 1.807) is 0 Å². The molecule has 1 saturated carbocycles. The fourth-order valence-electron chi connectivity index (χ4n) is 2.27. The highest BCUT2D eigenvalue weighted by atomic mass is 35.5. The minimum absolute atomic E-state index is 0.175. The Morgan fingerprint density at radius 3 is 2.73 bits per heavy atom. The van der Waals surface area contributed by atoms with Crippen LogP contribution in [0.4, 0.5) is 0 Å². The Morgan fingerprint density at radius 2 is 2.27 bits per heavy atom. The third kappa shape index (κ3) is 3.37. The molecule has 3 heteroatoms. The van der Waals surface area contributed by atoms with Crippen molar-refractivity contribution in [3.8, 4) is 0 Å². The van der Waals surface area contributed by atoms with Gasteiger partial charge in [0, 0.05) is 18.3 Å². The van der Waals surface area contributed by atoms with Crippen LogP contribution in [0.25, 0.3) is 0 Å². The first kappa shape index (κ1) is 12.8. The van der Waals surface area contributed by atoms with Gasteiger partial charge in [0.2, 0.25) is 5.91 Å². The first-order valence-corrected chi connectivity index (χ1v) is 6.34. The van der Waals surface area contributed by atoms with Gasteiger partial charge in [0.1, 0.15) is 0 Å². The van der Waals surface area contributed by atoms with Gasteiger partial charge < -0.3 is 5.32 Å². The highest BCUT2D eigenvalue weighted by molar-refractivity contribution is 6.18. The molecule has 0 aromatic heterocycles. The number of alkyl halides is 1. The maximum Gasteiger partial charge on any atom is 0.223 e. The van der Waals surface area contributed by atoms with E-state index in [0.717, 1.165) is 12.8 Å². The molecule has 0 aromatic rings. The summed E-state index contributed by atoms with van der Waals surface area (Å²) >= 11 is 5.70. The topological polar surface area (TPSA) is 29.1 Å². The Hall–Kier alpha value is -0.240. The van der Waals surface area contributed by atoms with Crippen molar-refractivity contribution in [1.29, 1.82) is 0 Å². The van der Waals surface area contributed by atoms with Crippen molar-refractivity contribution in [2.24, 2.45) is 17.3 Å². The van der Waals surface area contributed by atoms with Crippen LogP contribution in [0.15, 0.2) is 0 Å². The number of halogens is 1. The zero-order valence-corrected chi connectivity index (χ0v) is 10.7. The average molecular weight is 232 g/mol. The number of carbonyl (C=O) groups excluding carboxylic acids is 1. The van der Waals surface area contributed by atoms with Crippen molar-refractivity contribution < 1.29 is 4.79 Å². The number of hydrogen-bond acceptors (Lipinski definition) is 1. The molecule has 2 atom stereocenters. The molecule has 15 heavy (non-hydrogen) atoms. The molecule has 0 heterocycles. The smallest absolute Gasteiger partial charge is 0.223 e. The quantitative estimate of drug-likeness (QED) is 0.741. The molecule has 1 fully saturated rings. The minimum atomic E-state index is 0.175. The summed E-state index contributed by atoms with van der Waals surface area (Å²) in [6, 6.07) is 0. The molecule has 88 valence electrons. The first-order valence-electron chi connectivity index (χ1n) is 5.81. The zero-order valence-electron chi connectivity index (χ0n) is 9.98. The van der Waals surface area contributed by atoms with E-state index in [9.17, 15) is 4.79 Å². The van der Waals surface area contributed by atoms with Gasteiger partial charge in [-0.2, -0.15) is 0 Å². The lowest BCUT2D eigenvalue weighted by atomic mass is 9.81. The molecule has 1 N–H and O–H groups in total. The minimum Gasteiger partial charge on any atom is -0.356 e. The number of nitrogens with one attached hydrogen (secondary N) is 1. The Morgan fingerprint density at radius 1 is 1.60 bits per heavy atom. The predicted molar refractivity (Wildman–Crippen MR) is 64.0 cm³/mol. The van der Waals surface area contributed by atoms with Crippen molar-refractivity contribution in [3.63, 3.8) is 0 Å². The van der Waals surface area contributed by atoms with Crippen LogP contribution in [0.5, 0.6) is 0 Å². The number of hydrogen-bond donors (Lipinski definition) is 1. The summed E-state index contributed by atoms with van der Waals surface area (Å²) in [5.41, 5.74) is 0.175. The van der Waals surface area contributed by atoms with Crippen LogP contribution in [0, 0.1) is 17.3 Å². The standard InChI is InChI=1S/C12H22ClNO/c1-9(7-13)8-14-11(15)10-5-4-6-12(10,2)3/h9-10H,4-8H2,1-3H3,(H,14,15). The summed E-state index contributed by atoms with van der Waals surface area (Å²) in [6.07, 6.45) is 3.38. The highest BCUT2D eigenvalue weighted by Crippen LogP contribution is 2.42. The van der Waals surface area contributed by atoms with Crippen LogP contribution in [0.1, 0.15) is 40.0 Å². The number of amides is 1. The van der Waals surface area contributed by atoms with Crippen molar-refractivity contribution in [3.05, 3.63) is 0 Å². The summed E-state index contributed by atoms with van der Waals surface area (Å²) in [6.45, 7) is 7.13. The van der Waals surface area contributed by atoms with E-state index in [1.807, 2.05) is 6.92 Å². The normalized spacial score (nSPS) is 26.3. The van der Waals surface area contributed by atoms with Gasteiger partial charge in [0.15, 0.2) is 0 Å². The molecule has 0 radical (unpaired) electrons. The van der Waals surface area contributed by atoms with Crippen molar-refractivity contribution in [1.82, 2.24) is 5.32 Å². The van der Waals surface area contributed by atoms with E-state index in [1.165, 1.54) is 6.42 Å². The lowest BCUT2D eigenvalue weighted by molar-refractivity contribution is -0.127. The fourth-order valence-corrected chi connectivity index (χ4v) is 2.37. The van der Waals surface area contributed by atoms with Gasteiger partial charge in [-0.1, -0.05) is 27.2 Å². The SMILES string of the molecule is CC(CCl)CNC(=O)C1CCCC1(C)C. The molecule has 1 rings (SSSR count). The molecule has 0 aliphatic heterocycles. The second-order valence-electron chi connectivity index (χ2n) is 5.44. The second kappa shape index (κ2) is 5.20. The number of carbonyl (C=O) groups is 1. The summed E-state index contributed by atoms with van der Waals surface area (Å²) in [4.78, 5) is 11.9. The van der Waals surface area contributed by atoms with Gasteiger partial charge in [0.05, 0.1) is 0 Å². The highest BCUT2D eigenvalue weighted by Gasteiger charge is 2.39. The Balaban J connectivity index is 2.40. The molecule has 1 aliphatic carbocycles. The van der Waals surface area contributed by atoms with E-state index in [-0.39, 0.29) is 17.2 Å². The fraction of sp³-hybridized carbons (Fsp3) is 0.917. The molecule has 2 nitrogen and oxygen atoms in total. The van der Waals surface area contributed by atoms with E-state index in [0.29, 0.717) is 18.3 Å². The van der Waals surface area contributed by atoms with E-state index >= 15 is 0 Å². The van der Waals surface area contributed by atoms with Crippen molar-refractivity contribution in [2.75, 3.05) is 12.4 Å². The maximum atomic E-state index is 11.9. The largest absolute Gasteiger partial charge is 0.356 e. The average Bonchev–Trinajstić information content (AvgIpc) is 2.53. The third-order valence-electron chi connectivity index (χ3n) is 3.46. The van der Waals surface area contributed by atoms with E-state index in [4.69, 9.17) is 11.6 Å². The molecule has 0 aromatic carbocycles. The Kier molecular flexibility index (Phi) is 4.45. The Labute approximate surface area is 97.8 Å². The molecular formula is C12H22ClNO. The Bertz CT molecular complexity index is 228. The monoisotopic (exact) mass is 231 g/mol. The lowest BCUT2D eigenvalue weighted by Crippen LogP contribution is -2.38. The van der Waals surface area contributed by atoms with Crippen molar-refractivity contribution >= 4 is 17.5 Å². The van der Waals surface area contributed by atoms with Crippen LogP contribution >= 0.6 is 11.6 Å². The molecule has 0 bridgehead atoms. The molecular weight excluding hydrogens is 210 g/mol. The van der Waals surface area contributed by atoms with Gasteiger partial charge in [-0.25, -0.2) is 0 Å². The summed E-state index contributed by atoms with van der Waals surface area (Å²) in [5.74, 6) is 1.38. The molecule has 0 spiro atoms.